The van der Waals surface area contributed by atoms with Crippen molar-refractivity contribution in [3.05, 3.63) is 0 Å². The molecule has 0 aromatic rings. The molecule has 0 heterocycles. The highest BCUT2D eigenvalue weighted by atomic mass is 16.5. The van der Waals surface area contributed by atoms with E-state index in [2.05, 4.69) is 24.2 Å². The maximum atomic E-state index is 5.40. The molecule has 0 spiro atoms. The lowest BCUT2D eigenvalue weighted by Gasteiger charge is -2.15. The molecule has 0 atom stereocenters. The zero-order valence-electron chi connectivity index (χ0n) is 9.31. The smallest absolute Gasteiger partial charge is 0.0478 e. The van der Waals surface area contributed by atoms with E-state index in [-0.39, 0.29) is 0 Å². The number of rotatable bonds is 9. The Morgan fingerprint density at radius 3 is 2.62 bits per heavy atom. The molecule has 0 aliphatic carbocycles. The summed E-state index contributed by atoms with van der Waals surface area (Å²) in [5.41, 5.74) is 0. The largest absolute Gasteiger partial charge is 0.381 e. The Bertz CT molecular complexity index is 98.9. The monoisotopic (exact) mass is 188 g/mol. The first-order chi connectivity index (χ1) is 6.31. The zero-order chi connectivity index (χ0) is 9.94. The van der Waals surface area contributed by atoms with Gasteiger partial charge >= 0.3 is 0 Å². The standard InChI is InChI=1S/C10H24N2O/c1-4-9-13-10-5-7-12(3)8-6-11-2/h11H,4-10H2,1-3H3. The molecule has 13 heavy (non-hydrogen) atoms. The molecule has 3 nitrogen and oxygen atoms in total. The molecule has 0 bridgehead atoms. The Labute approximate surface area is 82.4 Å². The van der Waals surface area contributed by atoms with Crippen LogP contribution in [0.15, 0.2) is 0 Å². The van der Waals surface area contributed by atoms with Gasteiger partial charge in [-0.25, -0.2) is 0 Å². The Balaban J connectivity index is 3.03. The molecule has 0 aromatic carbocycles. The van der Waals surface area contributed by atoms with Crippen LogP contribution in [0.5, 0.6) is 0 Å². The van der Waals surface area contributed by atoms with Crippen molar-refractivity contribution in [3.8, 4) is 0 Å². The molecule has 0 aliphatic heterocycles. The minimum atomic E-state index is 0.901. The predicted octanol–water partition coefficient (Wildman–Crippen LogP) is 0.954. The predicted molar refractivity (Wildman–Crippen MR) is 57.2 cm³/mol. The maximum absolute atomic E-state index is 5.40. The molecular formula is C10H24N2O. The molecule has 0 rings (SSSR count). The highest BCUT2D eigenvalue weighted by molar-refractivity contribution is 4.52. The second kappa shape index (κ2) is 9.96. The van der Waals surface area contributed by atoms with Crippen molar-refractivity contribution in [1.82, 2.24) is 10.2 Å². The van der Waals surface area contributed by atoms with E-state index in [9.17, 15) is 0 Å². The summed E-state index contributed by atoms with van der Waals surface area (Å²) in [6, 6.07) is 0. The van der Waals surface area contributed by atoms with Crippen LogP contribution in [0.25, 0.3) is 0 Å². The van der Waals surface area contributed by atoms with Crippen molar-refractivity contribution in [2.75, 3.05) is 46.9 Å². The number of ether oxygens (including phenoxy) is 1. The van der Waals surface area contributed by atoms with E-state index < -0.39 is 0 Å². The minimum Gasteiger partial charge on any atom is -0.381 e. The molecule has 0 amide bonds. The normalized spacial score (nSPS) is 11.1. The average molecular weight is 188 g/mol. The lowest BCUT2D eigenvalue weighted by Crippen LogP contribution is -2.28. The maximum Gasteiger partial charge on any atom is 0.0478 e. The number of nitrogens with one attached hydrogen (secondary N) is 1. The summed E-state index contributed by atoms with van der Waals surface area (Å²) >= 11 is 0. The molecule has 80 valence electrons. The fraction of sp³-hybridized carbons (Fsp3) is 1.00. The van der Waals surface area contributed by atoms with Crippen molar-refractivity contribution < 1.29 is 4.74 Å². The molecule has 3 heteroatoms. The van der Waals surface area contributed by atoms with E-state index in [0.29, 0.717) is 0 Å². The van der Waals surface area contributed by atoms with Gasteiger partial charge in [0.2, 0.25) is 0 Å². The highest BCUT2D eigenvalue weighted by Gasteiger charge is 1.96. The van der Waals surface area contributed by atoms with Gasteiger partial charge in [0.25, 0.3) is 0 Å². The zero-order valence-corrected chi connectivity index (χ0v) is 9.31. The summed E-state index contributed by atoms with van der Waals surface area (Å²) in [6.45, 7) is 7.25. The minimum absolute atomic E-state index is 0.901. The van der Waals surface area contributed by atoms with Gasteiger partial charge < -0.3 is 15.0 Å². The van der Waals surface area contributed by atoms with Crippen molar-refractivity contribution in [3.63, 3.8) is 0 Å². The van der Waals surface area contributed by atoms with Crippen LogP contribution in [0.1, 0.15) is 19.8 Å². The first-order valence-corrected chi connectivity index (χ1v) is 5.22. The Kier molecular flexibility index (Phi) is 9.87. The lowest BCUT2D eigenvalue weighted by atomic mass is 10.4. The van der Waals surface area contributed by atoms with Gasteiger partial charge in [-0.2, -0.15) is 0 Å². The van der Waals surface area contributed by atoms with E-state index in [1.54, 1.807) is 0 Å². The van der Waals surface area contributed by atoms with Crippen LogP contribution >= 0.6 is 0 Å². The van der Waals surface area contributed by atoms with E-state index in [1.807, 2.05) is 7.05 Å². The third-order valence-electron chi connectivity index (χ3n) is 1.92. The molecule has 0 unspecified atom stereocenters. The van der Waals surface area contributed by atoms with Gasteiger partial charge in [0.05, 0.1) is 0 Å². The summed E-state index contributed by atoms with van der Waals surface area (Å²) < 4.78 is 5.40. The van der Waals surface area contributed by atoms with Crippen LogP contribution in [0, 0.1) is 0 Å². The lowest BCUT2D eigenvalue weighted by molar-refractivity contribution is 0.124. The van der Waals surface area contributed by atoms with Crippen molar-refractivity contribution in [1.29, 1.82) is 0 Å². The van der Waals surface area contributed by atoms with Gasteiger partial charge in [-0.3, -0.25) is 0 Å². The van der Waals surface area contributed by atoms with Crippen LogP contribution in [-0.2, 0) is 4.74 Å². The van der Waals surface area contributed by atoms with Crippen molar-refractivity contribution in [2.24, 2.45) is 0 Å². The summed E-state index contributed by atoms with van der Waals surface area (Å²) in [5.74, 6) is 0. The molecule has 0 radical (unpaired) electrons. The van der Waals surface area contributed by atoms with Gasteiger partial charge in [-0.1, -0.05) is 6.92 Å². The number of hydrogen-bond donors (Lipinski definition) is 1. The number of likely N-dealkylation sites (N-methyl/N-ethyl adjacent to an activating group) is 2. The van der Waals surface area contributed by atoms with Gasteiger partial charge in [-0.15, -0.1) is 0 Å². The highest BCUT2D eigenvalue weighted by Crippen LogP contribution is 1.89. The second-order valence-electron chi connectivity index (χ2n) is 3.37. The summed E-state index contributed by atoms with van der Waals surface area (Å²) in [5, 5.41) is 3.14. The SMILES string of the molecule is CCCOCCCN(C)CCNC. The Hall–Kier alpha value is -0.120. The number of hydrogen-bond acceptors (Lipinski definition) is 3. The van der Waals surface area contributed by atoms with Crippen LogP contribution in [-0.4, -0.2) is 51.8 Å². The second-order valence-corrected chi connectivity index (χ2v) is 3.37. The molecule has 1 N–H and O–H groups in total. The summed E-state index contributed by atoms with van der Waals surface area (Å²) in [6.07, 6.45) is 2.26. The van der Waals surface area contributed by atoms with Crippen LogP contribution in [0.4, 0.5) is 0 Å². The van der Waals surface area contributed by atoms with Crippen molar-refractivity contribution in [2.45, 2.75) is 19.8 Å². The topological polar surface area (TPSA) is 24.5 Å². The third kappa shape index (κ3) is 9.80. The van der Waals surface area contributed by atoms with Crippen LogP contribution < -0.4 is 5.32 Å². The summed E-state index contributed by atoms with van der Waals surface area (Å²) in [4.78, 5) is 2.33. The summed E-state index contributed by atoms with van der Waals surface area (Å²) in [7, 11) is 4.13. The Morgan fingerprint density at radius 2 is 2.00 bits per heavy atom. The van der Waals surface area contributed by atoms with Crippen LogP contribution in [0.3, 0.4) is 0 Å². The van der Waals surface area contributed by atoms with Crippen LogP contribution in [0.2, 0.25) is 0 Å². The molecule has 0 aliphatic rings. The van der Waals surface area contributed by atoms with Crippen molar-refractivity contribution >= 4 is 0 Å². The van der Waals surface area contributed by atoms with E-state index in [1.165, 1.54) is 0 Å². The Morgan fingerprint density at radius 1 is 1.23 bits per heavy atom. The molecule has 0 aromatic heterocycles. The molecule has 0 fully saturated rings. The van der Waals surface area contributed by atoms with E-state index in [0.717, 1.165) is 45.7 Å². The third-order valence-corrected chi connectivity index (χ3v) is 1.92. The first-order valence-electron chi connectivity index (χ1n) is 5.22. The first kappa shape index (κ1) is 12.9. The molecule has 0 saturated heterocycles. The fourth-order valence-corrected chi connectivity index (χ4v) is 1.10. The average Bonchev–Trinajstić information content (AvgIpc) is 2.14. The molecular weight excluding hydrogens is 164 g/mol. The quantitative estimate of drug-likeness (QED) is 0.545. The molecule has 0 saturated carbocycles. The van der Waals surface area contributed by atoms with Gasteiger partial charge in [0.15, 0.2) is 0 Å². The van der Waals surface area contributed by atoms with Gasteiger partial charge in [-0.05, 0) is 26.9 Å². The van der Waals surface area contributed by atoms with Gasteiger partial charge in [0, 0.05) is 32.8 Å². The van der Waals surface area contributed by atoms with Gasteiger partial charge in [0.1, 0.15) is 0 Å². The number of nitrogens with zero attached hydrogens (tertiary/aromatic N) is 1. The van der Waals surface area contributed by atoms with E-state index >= 15 is 0 Å². The fourth-order valence-electron chi connectivity index (χ4n) is 1.10. The van der Waals surface area contributed by atoms with E-state index in [4.69, 9.17) is 4.74 Å².